The molecule has 0 saturated heterocycles. The molecule has 90 valence electrons. The maximum Gasteiger partial charge on any atom is 0.142 e. The van der Waals surface area contributed by atoms with Gasteiger partial charge in [-0.25, -0.2) is 4.98 Å². The Labute approximate surface area is 106 Å². The zero-order valence-electron chi connectivity index (χ0n) is 10.3. The lowest BCUT2D eigenvalue weighted by Gasteiger charge is -2.11. The number of methoxy groups -OCH3 is 1. The van der Waals surface area contributed by atoms with Crippen molar-refractivity contribution in [2.24, 2.45) is 0 Å². The Bertz CT molecular complexity index is 585. The molecule has 0 aliphatic rings. The Balaban J connectivity index is 2.27. The molecule has 1 aromatic carbocycles. The van der Waals surface area contributed by atoms with Crippen LogP contribution in [-0.4, -0.2) is 12.1 Å². The summed E-state index contributed by atoms with van der Waals surface area (Å²) in [6, 6.07) is 11.4. The first-order valence-electron chi connectivity index (χ1n) is 5.51. The molecule has 0 bridgehead atoms. The smallest absolute Gasteiger partial charge is 0.142 e. The van der Waals surface area contributed by atoms with Gasteiger partial charge in [-0.2, -0.15) is 5.26 Å². The molecule has 0 atom stereocenters. The molecule has 0 aliphatic heterocycles. The lowest BCUT2D eigenvalue weighted by atomic mass is 10.2. The van der Waals surface area contributed by atoms with Crippen LogP contribution in [0.3, 0.4) is 0 Å². The summed E-state index contributed by atoms with van der Waals surface area (Å²) in [5.41, 5.74) is 2.53. The third-order valence-corrected chi connectivity index (χ3v) is 2.51. The van der Waals surface area contributed by atoms with Gasteiger partial charge in [0.15, 0.2) is 0 Å². The van der Waals surface area contributed by atoms with Crippen LogP contribution in [0.4, 0.5) is 11.5 Å². The Morgan fingerprint density at radius 3 is 2.72 bits per heavy atom. The van der Waals surface area contributed by atoms with E-state index in [4.69, 9.17) is 10.00 Å². The van der Waals surface area contributed by atoms with Gasteiger partial charge in [-0.1, -0.05) is 6.07 Å². The fourth-order valence-electron chi connectivity index (χ4n) is 1.59. The van der Waals surface area contributed by atoms with Gasteiger partial charge in [0.05, 0.1) is 18.4 Å². The fraction of sp³-hybridized carbons (Fsp3) is 0.143. The summed E-state index contributed by atoms with van der Waals surface area (Å²) in [5.74, 6) is 1.43. The number of rotatable bonds is 3. The summed E-state index contributed by atoms with van der Waals surface area (Å²) in [4.78, 5) is 4.16. The van der Waals surface area contributed by atoms with Crippen molar-refractivity contribution in [3.8, 4) is 11.8 Å². The van der Waals surface area contributed by atoms with Crippen LogP contribution in [0.5, 0.6) is 5.75 Å². The maximum absolute atomic E-state index is 8.71. The summed E-state index contributed by atoms with van der Waals surface area (Å²) in [7, 11) is 1.63. The van der Waals surface area contributed by atoms with Gasteiger partial charge in [0.1, 0.15) is 17.6 Å². The number of nitrogens with zero attached hydrogens (tertiary/aromatic N) is 2. The second-order valence-corrected chi connectivity index (χ2v) is 3.87. The molecule has 4 nitrogen and oxygen atoms in total. The minimum absolute atomic E-state index is 0.539. The molecular formula is C14H13N3O. The molecular weight excluding hydrogens is 226 g/mol. The summed E-state index contributed by atoms with van der Waals surface area (Å²) < 4.78 is 5.27. The van der Waals surface area contributed by atoms with Crippen molar-refractivity contribution in [3.05, 3.63) is 47.7 Å². The van der Waals surface area contributed by atoms with E-state index in [1.165, 1.54) is 6.20 Å². The van der Waals surface area contributed by atoms with Gasteiger partial charge in [0.25, 0.3) is 0 Å². The molecule has 4 heteroatoms. The molecule has 1 aromatic heterocycles. The highest BCUT2D eigenvalue weighted by molar-refractivity contribution is 5.65. The van der Waals surface area contributed by atoms with Crippen LogP contribution in [0.1, 0.15) is 11.1 Å². The molecule has 0 amide bonds. The first kappa shape index (κ1) is 11.9. The fourth-order valence-corrected chi connectivity index (χ4v) is 1.59. The predicted octanol–water partition coefficient (Wildman–Crippen LogP) is 3.01. The number of pyridine rings is 1. The number of aryl methyl sites for hydroxylation is 1. The van der Waals surface area contributed by atoms with E-state index in [2.05, 4.69) is 10.3 Å². The lowest BCUT2D eigenvalue weighted by molar-refractivity contribution is 0.416. The number of benzene rings is 1. The zero-order valence-corrected chi connectivity index (χ0v) is 10.3. The number of hydrogen-bond donors (Lipinski definition) is 1. The molecule has 0 aliphatic carbocycles. The molecule has 0 unspecified atom stereocenters. The van der Waals surface area contributed by atoms with Gasteiger partial charge >= 0.3 is 0 Å². The molecule has 1 N–H and O–H groups in total. The van der Waals surface area contributed by atoms with E-state index in [9.17, 15) is 0 Å². The average molecular weight is 239 g/mol. The quantitative estimate of drug-likeness (QED) is 0.894. The second-order valence-electron chi connectivity index (χ2n) is 3.87. The first-order chi connectivity index (χ1) is 8.72. The van der Waals surface area contributed by atoms with E-state index in [0.717, 1.165) is 17.0 Å². The molecule has 0 spiro atoms. The molecule has 0 fully saturated rings. The van der Waals surface area contributed by atoms with E-state index < -0.39 is 0 Å². The molecule has 1 heterocycles. The number of hydrogen-bond acceptors (Lipinski definition) is 4. The Hall–Kier alpha value is -2.54. The van der Waals surface area contributed by atoms with E-state index in [1.807, 2.05) is 31.2 Å². The van der Waals surface area contributed by atoms with Crippen molar-refractivity contribution in [1.29, 1.82) is 5.26 Å². The first-order valence-corrected chi connectivity index (χ1v) is 5.51. The summed E-state index contributed by atoms with van der Waals surface area (Å²) >= 11 is 0. The number of aromatic nitrogens is 1. The van der Waals surface area contributed by atoms with Crippen LogP contribution in [0.25, 0.3) is 0 Å². The van der Waals surface area contributed by atoms with Gasteiger partial charge in [-0.3, -0.25) is 0 Å². The average Bonchev–Trinajstić information content (AvgIpc) is 2.40. The topological polar surface area (TPSA) is 57.9 Å². The van der Waals surface area contributed by atoms with Crippen molar-refractivity contribution in [3.63, 3.8) is 0 Å². The minimum atomic E-state index is 0.539. The number of nitrogens with one attached hydrogen (secondary N) is 1. The van der Waals surface area contributed by atoms with Gasteiger partial charge in [0.2, 0.25) is 0 Å². The standard InChI is InChI=1S/C14H13N3O/c1-10-3-5-13(18-2)12(7-10)17-14-6-4-11(8-15)9-16-14/h3-7,9H,1-2H3,(H,16,17). The minimum Gasteiger partial charge on any atom is -0.495 e. The molecule has 2 aromatic rings. The molecule has 2 rings (SSSR count). The Morgan fingerprint density at radius 1 is 1.28 bits per heavy atom. The highest BCUT2D eigenvalue weighted by Gasteiger charge is 2.04. The van der Waals surface area contributed by atoms with Gasteiger partial charge in [-0.05, 0) is 36.8 Å². The summed E-state index contributed by atoms with van der Waals surface area (Å²) in [6.07, 6.45) is 1.53. The number of anilines is 2. The van der Waals surface area contributed by atoms with Crippen LogP contribution < -0.4 is 10.1 Å². The number of nitriles is 1. The largest absolute Gasteiger partial charge is 0.495 e. The van der Waals surface area contributed by atoms with Crippen molar-refractivity contribution in [2.75, 3.05) is 12.4 Å². The molecule has 18 heavy (non-hydrogen) atoms. The van der Waals surface area contributed by atoms with Gasteiger partial charge in [-0.15, -0.1) is 0 Å². The number of ether oxygens (including phenoxy) is 1. The highest BCUT2D eigenvalue weighted by atomic mass is 16.5. The van der Waals surface area contributed by atoms with Crippen LogP contribution in [-0.2, 0) is 0 Å². The van der Waals surface area contributed by atoms with Crippen LogP contribution in [0.2, 0.25) is 0 Å². The van der Waals surface area contributed by atoms with Crippen LogP contribution in [0.15, 0.2) is 36.5 Å². The Kier molecular flexibility index (Phi) is 3.44. The normalized spacial score (nSPS) is 9.61. The second kappa shape index (κ2) is 5.19. The van der Waals surface area contributed by atoms with Crippen LogP contribution in [0, 0.1) is 18.3 Å². The third-order valence-electron chi connectivity index (χ3n) is 2.51. The van der Waals surface area contributed by atoms with E-state index >= 15 is 0 Å². The molecule has 0 radical (unpaired) electrons. The zero-order chi connectivity index (χ0) is 13.0. The predicted molar refractivity (Wildman–Crippen MR) is 70.0 cm³/mol. The van der Waals surface area contributed by atoms with Crippen molar-refractivity contribution in [2.45, 2.75) is 6.92 Å². The van der Waals surface area contributed by atoms with Crippen molar-refractivity contribution < 1.29 is 4.74 Å². The van der Waals surface area contributed by atoms with E-state index in [-0.39, 0.29) is 0 Å². The monoisotopic (exact) mass is 239 g/mol. The SMILES string of the molecule is COc1ccc(C)cc1Nc1ccc(C#N)cn1. The van der Waals surface area contributed by atoms with Crippen molar-refractivity contribution >= 4 is 11.5 Å². The van der Waals surface area contributed by atoms with Gasteiger partial charge in [0, 0.05) is 6.20 Å². The highest BCUT2D eigenvalue weighted by Crippen LogP contribution is 2.27. The van der Waals surface area contributed by atoms with Crippen molar-refractivity contribution in [1.82, 2.24) is 4.98 Å². The summed E-state index contributed by atoms with van der Waals surface area (Å²) in [5, 5.41) is 11.9. The van der Waals surface area contributed by atoms with E-state index in [0.29, 0.717) is 11.4 Å². The van der Waals surface area contributed by atoms with Gasteiger partial charge < -0.3 is 10.1 Å². The van der Waals surface area contributed by atoms with E-state index in [1.54, 1.807) is 19.2 Å². The maximum atomic E-state index is 8.71. The lowest BCUT2D eigenvalue weighted by Crippen LogP contribution is -1.97. The summed E-state index contributed by atoms with van der Waals surface area (Å²) in [6.45, 7) is 2.01. The van der Waals surface area contributed by atoms with Crippen LogP contribution >= 0.6 is 0 Å². The Morgan fingerprint density at radius 2 is 2.11 bits per heavy atom. The third kappa shape index (κ3) is 2.58. The molecule has 0 saturated carbocycles.